The van der Waals surface area contributed by atoms with Gasteiger partial charge >= 0.3 is 12.4 Å². The molecule has 0 bridgehead atoms. The van der Waals surface area contributed by atoms with Crippen LogP contribution >= 0.6 is 11.6 Å². The van der Waals surface area contributed by atoms with Crippen molar-refractivity contribution in [2.24, 2.45) is 0 Å². The number of rotatable bonds is 7. The molecule has 4 rings (SSSR count). The lowest BCUT2D eigenvalue weighted by Crippen LogP contribution is -2.45. The summed E-state index contributed by atoms with van der Waals surface area (Å²) in [6.45, 7) is 5.52. The van der Waals surface area contributed by atoms with E-state index in [9.17, 15) is 31.1 Å². The molecule has 1 amide bonds. The number of carbonyl (C=O) groups is 1. The summed E-state index contributed by atoms with van der Waals surface area (Å²) >= 11 is 6.26. The quantitative estimate of drug-likeness (QED) is 0.288. The van der Waals surface area contributed by atoms with Gasteiger partial charge in [0.2, 0.25) is 17.7 Å². The lowest BCUT2D eigenvalue weighted by atomic mass is 9.77. The van der Waals surface area contributed by atoms with E-state index in [1.54, 1.807) is 24.3 Å². The molecule has 1 saturated heterocycles. The number of carbonyl (C=O) groups excluding carboxylic acids is 1. The maximum atomic E-state index is 13.7. The molecule has 1 N–H and O–H groups in total. The van der Waals surface area contributed by atoms with E-state index in [1.807, 2.05) is 11.9 Å². The van der Waals surface area contributed by atoms with Crippen molar-refractivity contribution >= 4 is 29.1 Å². The first-order chi connectivity index (χ1) is 19.6. The van der Waals surface area contributed by atoms with Crippen LogP contribution in [0.15, 0.2) is 48.7 Å². The summed E-state index contributed by atoms with van der Waals surface area (Å²) in [6.07, 6.45) is -8.97. The van der Waals surface area contributed by atoms with Crippen LogP contribution in [0.2, 0.25) is 5.02 Å². The second kappa shape index (κ2) is 12.0. The number of anilines is 2. The third-order valence-corrected chi connectivity index (χ3v) is 7.56. The van der Waals surface area contributed by atoms with E-state index in [0.29, 0.717) is 31.2 Å². The molecule has 1 unspecified atom stereocenters. The van der Waals surface area contributed by atoms with Crippen LogP contribution in [0.25, 0.3) is 0 Å². The van der Waals surface area contributed by atoms with Crippen LogP contribution in [-0.4, -0.2) is 54.0 Å². The molecule has 1 fully saturated rings. The van der Waals surface area contributed by atoms with Gasteiger partial charge in [0, 0.05) is 26.2 Å². The highest BCUT2D eigenvalue weighted by atomic mass is 35.5. The summed E-state index contributed by atoms with van der Waals surface area (Å²) in [7, 11) is 1.98. The number of alkyl halides is 6. The maximum absolute atomic E-state index is 13.7. The number of hydrogen-bond acceptors (Lipinski definition) is 6. The number of amides is 1. The van der Waals surface area contributed by atoms with Gasteiger partial charge in [-0.05, 0) is 56.3 Å². The lowest BCUT2D eigenvalue weighted by molar-refractivity contribution is -0.143. The summed E-state index contributed by atoms with van der Waals surface area (Å²) in [6, 6.07) is 7.66. The van der Waals surface area contributed by atoms with Crippen molar-refractivity contribution in [3.63, 3.8) is 0 Å². The number of likely N-dealkylation sites (N-methyl/N-ethyl adjacent to an activating group) is 1. The minimum absolute atomic E-state index is 0.0257. The van der Waals surface area contributed by atoms with E-state index in [0.717, 1.165) is 13.1 Å². The number of nitrogens with zero attached hydrogens (tertiary/aromatic N) is 4. The zero-order chi connectivity index (χ0) is 30.9. The lowest BCUT2D eigenvalue weighted by Gasteiger charge is -2.32. The Morgan fingerprint density at radius 2 is 1.55 bits per heavy atom. The van der Waals surface area contributed by atoms with Crippen molar-refractivity contribution < 1.29 is 35.9 Å². The van der Waals surface area contributed by atoms with E-state index < -0.39 is 40.4 Å². The predicted octanol–water partition coefficient (Wildman–Crippen LogP) is 7.02. The van der Waals surface area contributed by atoms with Gasteiger partial charge in [0.25, 0.3) is 0 Å². The average Bonchev–Trinajstić information content (AvgIpc) is 2.94. The molecule has 0 aliphatic carbocycles. The van der Waals surface area contributed by atoms with Crippen molar-refractivity contribution in [2.45, 2.75) is 38.0 Å². The van der Waals surface area contributed by atoms with E-state index in [1.165, 1.54) is 20.0 Å². The predicted molar refractivity (Wildman–Crippen MR) is 146 cm³/mol. The molecule has 226 valence electrons. The molecule has 0 radical (unpaired) electrons. The highest BCUT2D eigenvalue weighted by Crippen LogP contribution is 2.41. The molecule has 1 atom stereocenters. The summed E-state index contributed by atoms with van der Waals surface area (Å²) in [4.78, 5) is 26.5. The molecular formula is C28H28ClF6N5O2. The van der Waals surface area contributed by atoms with E-state index in [-0.39, 0.29) is 34.8 Å². The van der Waals surface area contributed by atoms with Gasteiger partial charge in [-0.3, -0.25) is 4.79 Å². The van der Waals surface area contributed by atoms with Crippen LogP contribution in [0.5, 0.6) is 11.6 Å². The highest BCUT2D eigenvalue weighted by Gasteiger charge is 2.41. The summed E-state index contributed by atoms with van der Waals surface area (Å²) < 4.78 is 87.3. The zero-order valence-corrected chi connectivity index (χ0v) is 23.7. The smallest absolute Gasteiger partial charge is 0.416 e. The van der Waals surface area contributed by atoms with E-state index in [4.69, 9.17) is 16.3 Å². The molecule has 1 aliphatic heterocycles. The number of aromatic nitrogens is 2. The molecule has 0 spiro atoms. The SMILES string of the molecule is CCC(C)(C(=O)Nc1cnc(N2CCN(C)CC2)nc1Oc1ccccc1Cl)c1cc(C(F)(F)F)cc(C(F)(F)F)c1. The van der Waals surface area contributed by atoms with Crippen molar-refractivity contribution in [1.82, 2.24) is 14.9 Å². The van der Waals surface area contributed by atoms with E-state index in [2.05, 4.69) is 20.2 Å². The monoisotopic (exact) mass is 615 g/mol. The Morgan fingerprint density at radius 1 is 0.976 bits per heavy atom. The molecule has 0 saturated carbocycles. The first kappa shape index (κ1) is 31.4. The van der Waals surface area contributed by atoms with Gasteiger partial charge in [0.05, 0.1) is 27.8 Å². The first-order valence-corrected chi connectivity index (χ1v) is 13.3. The number of para-hydroxylation sites is 1. The molecule has 1 aromatic heterocycles. The van der Waals surface area contributed by atoms with Crippen molar-refractivity contribution in [2.75, 3.05) is 43.4 Å². The number of nitrogens with one attached hydrogen (secondary N) is 1. The van der Waals surface area contributed by atoms with Gasteiger partial charge in [-0.2, -0.15) is 31.3 Å². The molecular weight excluding hydrogens is 588 g/mol. The summed E-state index contributed by atoms with van der Waals surface area (Å²) in [5.41, 5.74) is -5.32. The molecule has 1 aliphatic rings. The number of halogens is 7. The van der Waals surface area contributed by atoms with Crippen LogP contribution in [-0.2, 0) is 22.6 Å². The van der Waals surface area contributed by atoms with Gasteiger partial charge in [-0.25, -0.2) is 4.98 Å². The summed E-state index contributed by atoms with van der Waals surface area (Å²) in [5, 5.41) is 2.82. The van der Waals surface area contributed by atoms with Crippen molar-refractivity contribution in [3.05, 3.63) is 70.4 Å². The van der Waals surface area contributed by atoms with Gasteiger partial charge in [0.15, 0.2) is 0 Å². The topological polar surface area (TPSA) is 70.6 Å². The fourth-order valence-electron chi connectivity index (χ4n) is 4.34. The number of ether oxygens (including phenoxy) is 1. The van der Waals surface area contributed by atoms with Crippen molar-refractivity contribution in [3.8, 4) is 11.6 Å². The minimum Gasteiger partial charge on any atom is -0.435 e. The van der Waals surface area contributed by atoms with E-state index >= 15 is 0 Å². The molecule has 2 aromatic carbocycles. The summed E-state index contributed by atoms with van der Waals surface area (Å²) in [5.74, 6) is -0.450. The van der Waals surface area contributed by atoms with Crippen LogP contribution in [0, 0.1) is 0 Å². The molecule has 7 nitrogen and oxygen atoms in total. The largest absolute Gasteiger partial charge is 0.435 e. The van der Waals surface area contributed by atoms with Gasteiger partial charge in [-0.1, -0.05) is 30.7 Å². The molecule has 42 heavy (non-hydrogen) atoms. The Balaban J connectivity index is 1.74. The number of hydrogen-bond donors (Lipinski definition) is 1. The van der Waals surface area contributed by atoms with Crippen LogP contribution in [0.1, 0.15) is 37.0 Å². The third kappa shape index (κ3) is 6.89. The highest BCUT2D eigenvalue weighted by molar-refractivity contribution is 6.32. The zero-order valence-electron chi connectivity index (χ0n) is 22.9. The fourth-order valence-corrected chi connectivity index (χ4v) is 4.52. The van der Waals surface area contributed by atoms with Crippen molar-refractivity contribution in [1.29, 1.82) is 0 Å². The first-order valence-electron chi connectivity index (χ1n) is 13.0. The van der Waals surface area contributed by atoms with Crippen LogP contribution < -0.4 is 15.0 Å². The Morgan fingerprint density at radius 3 is 2.10 bits per heavy atom. The van der Waals surface area contributed by atoms with Gasteiger partial charge in [0.1, 0.15) is 11.4 Å². The minimum atomic E-state index is -5.07. The van der Waals surface area contributed by atoms with Gasteiger partial charge in [-0.15, -0.1) is 0 Å². The fraction of sp³-hybridized carbons (Fsp3) is 0.393. The molecule has 3 aromatic rings. The number of benzene rings is 2. The second-order valence-electron chi connectivity index (χ2n) is 10.1. The normalized spacial score (nSPS) is 16.2. The Bertz CT molecular complexity index is 1410. The van der Waals surface area contributed by atoms with Crippen LogP contribution in [0.4, 0.5) is 38.0 Å². The Kier molecular flexibility index (Phi) is 8.93. The molecule has 14 heteroatoms. The van der Waals surface area contributed by atoms with Crippen LogP contribution in [0.3, 0.4) is 0 Å². The average molecular weight is 616 g/mol. The Hall–Kier alpha value is -3.58. The third-order valence-electron chi connectivity index (χ3n) is 7.25. The maximum Gasteiger partial charge on any atom is 0.416 e. The van der Waals surface area contributed by atoms with Gasteiger partial charge < -0.3 is 19.9 Å². The number of piperazine rings is 1. The Labute approximate surface area is 243 Å². The second-order valence-corrected chi connectivity index (χ2v) is 10.6. The standard InChI is InChI=1S/C28H28ClF6N5O2/c1-4-26(2,17-13-18(27(30,31)32)15-19(14-17)28(33,34)35)24(41)37-21-16-36-25(40-11-9-39(3)10-12-40)38-23(21)42-22-8-6-5-7-20(22)29/h5-8,13-16H,4,9-12H2,1-3H3,(H,37,41). The molecule has 2 heterocycles.